The number of benzene rings is 1. The second-order valence-electron chi connectivity index (χ2n) is 5.54. The summed E-state index contributed by atoms with van der Waals surface area (Å²) in [6.45, 7) is 1.21. The number of carbonyl (C=O) groups excluding carboxylic acids is 3. The second-order valence-corrected chi connectivity index (χ2v) is 5.54. The fourth-order valence-corrected chi connectivity index (χ4v) is 2.22. The summed E-state index contributed by atoms with van der Waals surface area (Å²) < 4.78 is 36.6. The van der Waals surface area contributed by atoms with Crippen molar-refractivity contribution < 1.29 is 32.6 Å². The third-order valence-corrected chi connectivity index (χ3v) is 3.58. The van der Waals surface area contributed by atoms with Gasteiger partial charge < -0.3 is 20.1 Å². The summed E-state index contributed by atoms with van der Waals surface area (Å²) in [4.78, 5) is 34.8. The summed E-state index contributed by atoms with van der Waals surface area (Å²) in [5.74, 6) is -1.62. The van der Waals surface area contributed by atoms with Crippen LogP contribution < -0.4 is 10.6 Å². The molecule has 0 bridgehead atoms. The van der Waals surface area contributed by atoms with Crippen molar-refractivity contribution in [2.75, 3.05) is 13.7 Å². The van der Waals surface area contributed by atoms with Crippen LogP contribution in [-0.4, -0.2) is 43.6 Å². The van der Waals surface area contributed by atoms with Crippen LogP contribution in [0, 0.1) is 0 Å². The molecule has 1 aromatic carbocycles. The zero-order valence-corrected chi connectivity index (χ0v) is 14.6. The lowest BCUT2D eigenvalue weighted by molar-refractivity contribution is -0.156. The molecular formula is C17H22F2N2O5. The second kappa shape index (κ2) is 10.3. The number of alkyl carbamates (subject to hydrolysis) is 1. The molecule has 7 nitrogen and oxygen atoms in total. The van der Waals surface area contributed by atoms with Crippen molar-refractivity contribution in [3.05, 3.63) is 35.9 Å². The molecule has 1 rings (SSSR count). The number of hydrogen-bond acceptors (Lipinski definition) is 5. The van der Waals surface area contributed by atoms with Crippen LogP contribution in [0.15, 0.2) is 30.3 Å². The van der Waals surface area contributed by atoms with Crippen LogP contribution >= 0.6 is 0 Å². The van der Waals surface area contributed by atoms with E-state index in [2.05, 4.69) is 10.1 Å². The van der Waals surface area contributed by atoms with Crippen LogP contribution in [0.1, 0.15) is 25.3 Å². The van der Waals surface area contributed by atoms with E-state index in [4.69, 9.17) is 4.74 Å². The van der Waals surface area contributed by atoms with E-state index in [9.17, 15) is 23.2 Å². The average Bonchev–Trinajstić information content (AvgIpc) is 2.62. The minimum atomic E-state index is -3.23. The smallest absolute Gasteiger partial charge is 0.408 e. The molecule has 0 saturated carbocycles. The zero-order valence-electron chi connectivity index (χ0n) is 14.6. The van der Waals surface area contributed by atoms with Gasteiger partial charge in [0.1, 0.15) is 6.61 Å². The molecular weight excluding hydrogens is 350 g/mol. The van der Waals surface area contributed by atoms with Gasteiger partial charge in [-0.05, 0) is 18.4 Å². The van der Waals surface area contributed by atoms with Crippen molar-refractivity contribution in [3.63, 3.8) is 0 Å². The van der Waals surface area contributed by atoms with Crippen molar-refractivity contribution in [3.8, 4) is 0 Å². The van der Waals surface area contributed by atoms with Crippen LogP contribution in [0.4, 0.5) is 13.6 Å². The lowest BCUT2D eigenvalue weighted by Gasteiger charge is -2.30. The number of halogens is 2. The Morgan fingerprint density at radius 2 is 1.85 bits per heavy atom. The van der Waals surface area contributed by atoms with Crippen molar-refractivity contribution in [1.82, 2.24) is 10.6 Å². The Morgan fingerprint density at radius 1 is 1.19 bits per heavy atom. The van der Waals surface area contributed by atoms with Crippen molar-refractivity contribution in [2.45, 2.75) is 38.3 Å². The fraction of sp³-hybridized carbons (Fsp3) is 0.471. The van der Waals surface area contributed by atoms with Gasteiger partial charge in [0, 0.05) is 13.5 Å². The van der Waals surface area contributed by atoms with Crippen molar-refractivity contribution >= 4 is 18.0 Å². The number of amides is 2. The molecule has 26 heavy (non-hydrogen) atoms. The van der Waals surface area contributed by atoms with E-state index in [0.29, 0.717) is 5.56 Å². The summed E-state index contributed by atoms with van der Waals surface area (Å²) in [5, 5.41) is 4.37. The van der Waals surface area contributed by atoms with Crippen LogP contribution in [-0.2, 0) is 25.7 Å². The number of alkyl halides is 2. The van der Waals surface area contributed by atoms with E-state index in [-0.39, 0.29) is 25.5 Å². The van der Waals surface area contributed by atoms with E-state index >= 15 is 0 Å². The molecule has 0 heterocycles. The van der Waals surface area contributed by atoms with Gasteiger partial charge in [-0.15, -0.1) is 0 Å². The van der Waals surface area contributed by atoms with Crippen LogP contribution in [0.5, 0.6) is 0 Å². The molecule has 0 radical (unpaired) electrons. The average molecular weight is 372 g/mol. The minimum Gasteiger partial charge on any atom is -0.467 e. The molecule has 1 unspecified atom stereocenters. The molecule has 9 heteroatoms. The van der Waals surface area contributed by atoms with Gasteiger partial charge in [-0.25, -0.2) is 18.4 Å². The molecule has 0 aliphatic rings. The highest BCUT2D eigenvalue weighted by atomic mass is 19.3. The topological polar surface area (TPSA) is 93.7 Å². The van der Waals surface area contributed by atoms with Gasteiger partial charge in [-0.3, -0.25) is 4.79 Å². The summed E-state index contributed by atoms with van der Waals surface area (Å²) in [5.41, 5.74) is -1.89. The van der Waals surface area contributed by atoms with Crippen LogP contribution in [0.25, 0.3) is 0 Å². The molecule has 2 N–H and O–H groups in total. The molecule has 1 atom stereocenters. The van der Waals surface area contributed by atoms with Gasteiger partial charge in [-0.1, -0.05) is 30.3 Å². The summed E-state index contributed by atoms with van der Waals surface area (Å²) in [6.07, 6.45) is -4.80. The Balaban J connectivity index is 2.77. The maximum Gasteiger partial charge on any atom is 0.408 e. The van der Waals surface area contributed by atoms with Gasteiger partial charge in [0.2, 0.25) is 11.4 Å². The molecule has 0 aliphatic heterocycles. The normalized spacial score (nSPS) is 12.8. The third kappa shape index (κ3) is 6.30. The predicted octanol–water partition coefficient (Wildman–Crippen LogP) is 2.01. The molecule has 0 fully saturated rings. The van der Waals surface area contributed by atoms with Gasteiger partial charge in [0.25, 0.3) is 6.43 Å². The number of carbonyl (C=O) groups is 3. The highest BCUT2D eigenvalue weighted by Gasteiger charge is 2.50. The van der Waals surface area contributed by atoms with Gasteiger partial charge >= 0.3 is 12.1 Å². The van der Waals surface area contributed by atoms with E-state index in [1.54, 1.807) is 30.3 Å². The number of nitrogens with one attached hydrogen (secondary N) is 2. The maximum atomic E-state index is 13.6. The maximum absolute atomic E-state index is 13.6. The van der Waals surface area contributed by atoms with Crippen molar-refractivity contribution in [1.29, 1.82) is 0 Å². The Labute approximate surface area is 150 Å². The molecule has 1 aromatic rings. The molecule has 2 amide bonds. The van der Waals surface area contributed by atoms with Crippen LogP contribution in [0.3, 0.4) is 0 Å². The van der Waals surface area contributed by atoms with E-state index < -0.39 is 30.4 Å². The van der Waals surface area contributed by atoms with Gasteiger partial charge in [0.05, 0.1) is 7.11 Å². The number of hydrogen-bond donors (Lipinski definition) is 2. The molecule has 0 spiro atoms. The highest BCUT2D eigenvalue weighted by molar-refractivity contribution is 5.86. The summed E-state index contributed by atoms with van der Waals surface area (Å²) in [6, 6.07) is 8.63. The Hall–Kier alpha value is -2.71. The summed E-state index contributed by atoms with van der Waals surface area (Å²) >= 11 is 0. The lowest BCUT2D eigenvalue weighted by Crippen LogP contribution is -2.60. The third-order valence-electron chi connectivity index (χ3n) is 3.58. The monoisotopic (exact) mass is 372 g/mol. The molecule has 0 aliphatic carbocycles. The standard InChI is InChI=1S/C17H22F2N2O5/c1-12(22)20-10-6-9-17(14(18)19,15(23)25-2)21-16(24)26-11-13-7-4-3-5-8-13/h3-5,7-8,14H,6,9-11H2,1-2H3,(H,20,22)(H,21,24). The SMILES string of the molecule is COC(=O)C(CCCNC(C)=O)(NC(=O)OCc1ccccc1)C(F)F. The largest absolute Gasteiger partial charge is 0.467 e. The first-order chi connectivity index (χ1) is 12.3. The lowest BCUT2D eigenvalue weighted by atomic mass is 9.93. The van der Waals surface area contributed by atoms with E-state index in [0.717, 1.165) is 7.11 Å². The number of rotatable bonds is 9. The first-order valence-electron chi connectivity index (χ1n) is 7.91. The fourth-order valence-electron chi connectivity index (χ4n) is 2.22. The Bertz CT molecular complexity index is 612. The molecule has 0 aromatic heterocycles. The van der Waals surface area contributed by atoms with Crippen molar-refractivity contribution in [2.24, 2.45) is 0 Å². The van der Waals surface area contributed by atoms with Crippen LogP contribution in [0.2, 0.25) is 0 Å². The number of esters is 1. The quantitative estimate of drug-likeness (QED) is 0.511. The minimum absolute atomic E-state index is 0.0258. The zero-order chi connectivity index (χ0) is 19.6. The van der Waals surface area contributed by atoms with Gasteiger partial charge in [-0.2, -0.15) is 0 Å². The molecule has 144 valence electrons. The first kappa shape index (κ1) is 21.3. The van der Waals surface area contributed by atoms with E-state index in [1.165, 1.54) is 6.92 Å². The predicted molar refractivity (Wildman–Crippen MR) is 88.4 cm³/mol. The molecule has 0 saturated heterocycles. The first-order valence-corrected chi connectivity index (χ1v) is 7.91. The number of ether oxygens (including phenoxy) is 2. The van der Waals surface area contributed by atoms with Gasteiger partial charge in [0.15, 0.2) is 0 Å². The number of methoxy groups -OCH3 is 1. The summed E-state index contributed by atoms with van der Waals surface area (Å²) in [7, 11) is 0.949. The Kier molecular flexibility index (Phi) is 8.47. The van der Waals surface area contributed by atoms with E-state index in [1.807, 2.05) is 5.32 Å². The highest BCUT2D eigenvalue weighted by Crippen LogP contribution is 2.24. The Morgan fingerprint density at radius 3 is 2.38 bits per heavy atom.